The van der Waals surface area contributed by atoms with Crippen LogP contribution in [-0.2, 0) is 18.9 Å². The molecular formula is C11H20O4. The van der Waals surface area contributed by atoms with Crippen LogP contribution in [0.2, 0.25) is 0 Å². The highest BCUT2D eigenvalue weighted by Crippen LogP contribution is 2.33. The summed E-state index contributed by atoms with van der Waals surface area (Å²) >= 11 is 0. The first-order valence-corrected chi connectivity index (χ1v) is 5.69. The molecule has 88 valence electrons. The highest BCUT2D eigenvalue weighted by Gasteiger charge is 2.45. The average Bonchev–Trinajstić information content (AvgIpc) is 2.29. The molecule has 4 nitrogen and oxygen atoms in total. The van der Waals surface area contributed by atoms with Crippen LogP contribution in [0.1, 0.15) is 20.3 Å². The molecule has 0 spiro atoms. The molecule has 0 aromatic carbocycles. The molecule has 0 aliphatic carbocycles. The molecule has 0 aromatic heterocycles. The molecule has 4 heteroatoms. The van der Waals surface area contributed by atoms with Crippen LogP contribution in [-0.4, -0.2) is 44.9 Å². The molecular weight excluding hydrogens is 196 g/mol. The van der Waals surface area contributed by atoms with Gasteiger partial charge >= 0.3 is 0 Å². The van der Waals surface area contributed by atoms with Gasteiger partial charge in [0.1, 0.15) is 6.10 Å². The van der Waals surface area contributed by atoms with E-state index in [0.717, 1.165) is 6.42 Å². The lowest BCUT2D eigenvalue weighted by molar-refractivity contribution is -0.322. The van der Waals surface area contributed by atoms with Crippen LogP contribution in [0.15, 0.2) is 0 Å². The van der Waals surface area contributed by atoms with E-state index in [0.29, 0.717) is 19.1 Å². The maximum absolute atomic E-state index is 5.84. The van der Waals surface area contributed by atoms with Crippen molar-refractivity contribution in [3.8, 4) is 0 Å². The minimum atomic E-state index is -0.204. The topological polar surface area (TPSA) is 36.9 Å². The summed E-state index contributed by atoms with van der Waals surface area (Å²) in [6.45, 7) is 5.53. The molecule has 15 heavy (non-hydrogen) atoms. The molecule has 5 unspecified atom stereocenters. The van der Waals surface area contributed by atoms with Crippen molar-refractivity contribution in [2.75, 3.05) is 20.3 Å². The standard InChI is InChI=1S/C11H20O4/c1-4-8-9(12-3)7(2)10-11(15-8)14-6-5-13-10/h7-11H,4-6H2,1-3H3. The van der Waals surface area contributed by atoms with Crippen LogP contribution in [0.3, 0.4) is 0 Å². The van der Waals surface area contributed by atoms with Crippen LogP contribution in [0.4, 0.5) is 0 Å². The van der Waals surface area contributed by atoms with Gasteiger partial charge in [-0.2, -0.15) is 0 Å². The van der Waals surface area contributed by atoms with Crippen LogP contribution >= 0.6 is 0 Å². The van der Waals surface area contributed by atoms with Gasteiger partial charge in [-0.1, -0.05) is 13.8 Å². The third-order valence-corrected chi connectivity index (χ3v) is 3.33. The molecule has 2 saturated heterocycles. The Labute approximate surface area is 90.8 Å². The zero-order valence-electron chi connectivity index (χ0n) is 9.64. The Hall–Kier alpha value is -0.160. The summed E-state index contributed by atoms with van der Waals surface area (Å²) in [5.41, 5.74) is 0. The number of fused-ring (bicyclic) bond motifs is 1. The summed E-state index contributed by atoms with van der Waals surface area (Å²) in [4.78, 5) is 0. The lowest BCUT2D eigenvalue weighted by Crippen LogP contribution is -2.57. The second-order valence-corrected chi connectivity index (χ2v) is 4.22. The number of ether oxygens (including phenoxy) is 4. The SMILES string of the molecule is CCC1OC2OCCOC2C(C)C1OC. The van der Waals surface area contributed by atoms with Crippen LogP contribution in [0, 0.1) is 5.92 Å². The van der Waals surface area contributed by atoms with Crippen molar-refractivity contribution in [3.63, 3.8) is 0 Å². The number of hydrogen-bond donors (Lipinski definition) is 0. The summed E-state index contributed by atoms with van der Waals surface area (Å²) in [5, 5.41) is 0. The lowest BCUT2D eigenvalue weighted by Gasteiger charge is -2.46. The van der Waals surface area contributed by atoms with Crippen molar-refractivity contribution in [3.05, 3.63) is 0 Å². The molecule has 0 amide bonds. The third-order valence-electron chi connectivity index (χ3n) is 3.33. The third kappa shape index (κ3) is 2.04. The quantitative estimate of drug-likeness (QED) is 0.694. The van der Waals surface area contributed by atoms with E-state index in [1.165, 1.54) is 0 Å². The first kappa shape index (κ1) is 11.3. The van der Waals surface area contributed by atoms with Crippen molar-refractivity contribution in [1.29, 1.82) is 0 Å². The van der Waals surface area contributed by atoms with E-state index in [9.17, 15) is 0 Å². The molecule has 0 saturated carbocycles. The molecule has 2 rings (SSSR count). The monoisotopic (exact) mass is 216 g/mol. The first-order valence-electron chi connectivity index (χ1n) is 5.69. The highest BCUT2D eigenvalue weighted by molar-refractivity contribution is 4.89. The molecule has 5 atom stereocenters. The van der Waals surface area contributed by atoms with E-state index in [1.807, 2.05) is 0 Å². The van der Waals surface area contributed by atoms with Crippen LogP contribution < -0.4 is 0 Å². The normalized spacial score (nSPS) is 46.2. The van der Waals surface area contributed by atoms with Crippen molar-refractivity contribution < 1.29 is 18.9 Å². The molecule has 0 N–H and O–H groups in total. The summed E-state index contributed by atoms with van der Waals surface area (Å²) in [7, 11) is 1.73. The largest absolute Gasteiger partial charge is 0.378 e. The van der Waals surface area contributed by atoms with Crippen LogP contribution in [0.25, 0.3) is 0 Å². The second-order valence-electron chi connectivity index (χ2n) is 4.22. The van der Waals surface area contributed by atoms with Gasteiger partial charge in [0, 0.05) is 13.0 Å². The second kappa shape index (κ2) is 4.78. The number of rotatable bonds is 2. The van der Waals surface area contributed by atoms with Gasteiger partial charge in [0.05, 0.1) is 25.4 Å². The first-order chi connectivity index (χ1) is 7.27. The summed E-state index contributed by atoms with van der Waals surface area (Å²) in [6.07, 6.45) is 0.984. The molecule has 2 aliphatic heterocycles. The molecule has 0 radical (unpaired) electrons. The Kier molecular flexibility index (Phi) is 3.61. The fourth-order valence-corrected chi connectivity index (χ4v) is 2.51. The van der Waals surface area contributed by atoms with Gasteiger partial charge in [0.15, 0.2) is 6.29 Å². The molecule has 2 fully saturated rings. The zero-order valence-corrected chi connectivity index (χ0v) is 9.64. The van der Waals surface area contributed by atoms with Gasteiger partial charge in [-0.25, -0.2) is 0 Å². The van der Waals surface area contributed by atoms with Gasteiger partial charge in [-0.3, -0.25) is 0 Å². The van der Waals surface area contributed by atoms with Crippen molar-refractivity contribution in [1.82, 2.24) is 0 Å². The Morgan fingerprint density at radius 3 is 2.67 bits per heavy atom. The Bertz CT molecular complexity index is 203. The summed E-state index contributed by atoms with van der Waals surface area (Å²) < 4.78 is 22.6. The molecule has 2 heterocycles. The summed E-state index contributed by atoms with van der Waals surface area (Å²) in [5.74, 6) is 0.319. The Morgan fingerprint density at radius 2 is 2.00 bits per heavy atom. The van der Waals surface area contributed by atoms with Gasteiger partial charge < -0.3 is 18.9 Å². The predicted octanol–water partition coefficient (Wildman–Crippen LogP) is 1.19. The van der Waals surface area contributed by atoms with Crippen molar-refractivity contribution >= 4 is 0 Å². The fourth-order valence-electron chi connectivity index (χ4n) is 2.51. The predicted molar refractivity (Wildman–Crippen MR) is 54.6 cm³/mol. The summed E-state index contributed by atoms with van der Waals surface area (Å²) in [6, 6.07) is 0. The minimum Gasteiger partial charge on any atom is -0.378 e. The van der Waals surface area contributed by atoms with Gasteiger partial charge in [-0.15, -0.1) is 0 Å². The number of methoxy groups -OCH3 is 1. The maximum Gasteiger partial charge on any atom is 0.184 e. The smallest absolute Gasteiger partial charge is 0.184 e. The highest BCUT2D eigenvalue weighted by atomic mass is 16.7. The van der Waals surface area contributed by atoms with E-state index < -0.39 is 0 Å². The maximum atomic E-state index is 5.84. The van der Waals surface area contributed by atoms with E-state index >= 15 is 0 Å². The average molecular weight is 216 g/mol. The molecule has 2 aliphatic rings. The van der Waals surface area contributed by atoms with E-state index in [4.69, 9.17) is 18.9 Å². The van der Waals surface area contributed by atoms with Crippen molar-refractivity contribution in [2.24, 2.45) is 5.92 Å². The van der Waals surface area contributed by atoms with Gasteiger partial charge in [0.25, 0.3) is 0 Å². The van der Waals surface area contributed by atoms with E-state index in [-0.39, 0.29) is 24.6 Å². The Morgan fingerprint density at radius 1 is 1.27 bits per heavy atom. The van der Waals surface area contributed by atoms with E-state index in [1.54, 1.807) is 7.11 Å². The fraction of sp³-hybridized carbons (Fsp3) is 1.00. The van der Waals surface area contributed by atoms with Crippen molar-refractivity contribution in [2.45, 2.75) is 44.9 Å². The lowest BCUT2D eigenvalue weighted by atomic mass is 9.89. The Balaban J connectivity index is 2.09. The van der Waals surface area contributed by atoms with E-state index in [2.05, 4.69) is 13.8 Å². The van der Waals surface area contributed by atoms with Crippen LogP contribution in [0.5, 0.6) is 0 Å². The zero-order chi connectivity index (χ0) is 10.8. The molecule has 0 bridgehead atoms. The number of hydrogen-bond acceptors (Lipinski definition) is 4. The minimum absolute atomic E-state index is 0.0199. The molecule has 0 aromatic rings. The van der Waals surface area contributed by atoms with Gasteiger partial charge in [-0.05, 0) is 6.42 Å². The van der Waals surface area contributed by atoms with Gasteiger partial charge in [0.2, 0.25) is 0 Å².